The van der Waals surface area contributed by atoms with Crippen molar-refractivity contribution in [3.63, 3.8) is 0 Å². The van der Waals surface area contributed by atoms with Crippen LogP contribution in [0.15, 0.2) is 60.9 Å². The Balaban J connectivity index is 1.82. The fraction of sp³-hybridized carbons (Fsp3) is 0.0952. The number of imidazole rings is 1. The normalized spacial score (nSPS) is 11.5. The van der Waals surface area contributed by atoms with Crippen LogP contribution in [0, 0.1) is 13.8 Å². The standard InChI is InChI=1S/C21H16N4S/c1-13-5-3-7-18(23-13)19-20(25-12-14(2)26-21(25)24-19)16-8-9-17-15(11-16)6-4-10-22-17/h3-12H,1-2H3. The molecule has 5 rings (SSSR count). The zero-order valence-corrected chi connectivity index (χ0v) is 15.3. The number of aromatic nitrogens is 4. The number of rotatable bonds is 2. The Morgan fingerprint density at radius 2 is 1.88 bits per heavy atom. The second kappa shape index (κ2) is 5.75. The van der Waals surface area contributed by atoms with Crippen molar-refractivity contribution in [2.45, 2.75) is 13.8 Å². The molecule has 0 aliphatic carbocycles. The molecule has 0 aliphatic heterocycles. The van der Waals surface area contributed by atoms with E-state index in [2.05, 4.69) is 46.8 Å². The summed E-state index contributed by atoms with van der Waals surface area (Å²) in [6.07, 6.45) is 3.97. The predicted molar refractivity (Wildman–Crippen MR) is 107 cm³/mol. The number of aryl methyl sites for hydroxylation is 2. The third-order valence-electron chi connectivity index (χ3n) is 4.45. The molecule has 4 heterocycles. The first kappa shape index (κ1) is 15.2. The van der Waals surface area contributed by atoms with Crippen LogP contribution in [0.3, 0.4) is 0 Å². The minimum Gasteiger partial charge on any atom is -0.289 e. The van der Waals surface area contributed by atoms with Crippen molar-refractivity contribution >= 4 is 27.2 Å². The summed E-state index contributed by atoms with van der Waals surface area (Å²) in [5.74, 6) is 0. The van der Waals surface area contributed by atoms with Gasteiger partial charge in [0, 0.05) is 33.9 Å². The van der Waals surface area contributed by atoms with Crippen LogP contribution in [0.25, 0.3) is 38.5 Å². The fourth-order valence-electron chi connectivity index (χ4n) is 3.31. The second-order valence-electron chi connectivity index (χ2n) is 6.38. The highest BCUT2D eigenvalue weighted by Gasteiger charge is 2.19. The lowest BCUT2D eigenvalue weighted by Gasteiger charge is -2.06. The average molecular weight is 356 g/mol. The smallest absolute Gasteiger partial charge is 0.195 e. The molecular weight excluding hydrogens is 340 g/mol. The van der Waals surface area contributed by atoms with Gasteiger partial charge in [-0.05, 0) is 44.2 Å². The molecule has 0 unspecified atom stereocenters. The number of pyridine rings is 2. The van der Waals surface area contributed by atoms with Gasteiger partial charge in [0.05, 0.1) is 16.9 Å². The summed E-state index contributed by atoms with van der Waals surface area (Å²) in [4.78, 5) is 16.3. The summed E-state index contributed by atoms with van der Waals surface area (Å²) in [6.45, 7) is 4.12. The first-order valence-corrected chi connectivity index (χ1v) is 9.28. The number of thiazole rings is 1. The molecule has 4 nitrogen and oxygen atoms in total. The highest BCUT2D eigenvalue weighted by Crippen LogP contribution is 2.35. The van der Waals surface area contributed by atoms with Crippen LogP contribution in [-0.2, 0) is 0 Å². The average Bonchev–Trinajstić information content (AvgIpc) is 3.17. The van der Waals surface area contributed by atoms with Crippen LogP contribution in [0.1, 0.15) is 10.6 Å². The number of nitrogens with zero attached hydrogens (tertiary/aromatic N) is 4. The van der Waals surface area contributed by atoms with Crippen LogP contribution >= 0.6 is 11.3 Å². The summed E-state index contributed by atoms with van der Waals surface area (Å²) in [6, 6.07) is 16.5. The quantitative estimate of drug-likeness (QED) is 0.432. The van der Waals surface area contributed by atoms with Gasteiger partial charge in [0.2, 0.25) is 0 Å². The molecular formula is C21H16N4S. The maximum absolute atomic E-state index is 4.90. The highest BCUT2D eigenvalue weighted by atomic mass is 32.1. The molecule has 5 aromatic rings. The van der Waals surface area contributed by atoms with Gasteiger partial charge in [-0.2, -0.15) is 0 Å². The highest BCUT2D eigenvalue weighted by molar-refractivity contribution is 7.17. The topological polar surface area (TPSA) is 43.1 Å². The van der Waals surface area contributed by atoms with Crippen LogP contribution in [0.2, 0.25) is 0 Å². The number of hydrogen-bond acceptors (Lipinski definition) is 4. The molecule has 0 amide bonds. The van der Waals surface area contributed by atoms with Crippen LogP contribution in [0.5, 0.6) is 0 Å². The summed E-state index contributed by atoms with van der Waals surface area (Å²) in [5.41, 5.74) is 6.00. The van der Waals surface area contributed by atoms with Crippen molar-refractivity contribution in [1.29, 1.82) is 0 Å². The van der Waals surface area contributed by atoms with Gasteiger partial charge in [-0.3, -0.25) is 14.4 Å². The van der Waals surface area contributed by atoms with E-state index >= 15 is 0 Å². The first-order chi connectivity index (χ1) is 12.7. The number of fused-ring (bicyclic) bond motifs is 2. The van der Waals surface area contributed by atoms with Gasteiger partial charge in [0.25, 0.3) is 0 Å². The molecule has 0 fully saturated rings. The molecule has 5 heteroatoms. The number of hydrogen-bond donors (Lipinski definition) is 0. The van der Waals surface area contributed by atoms with E-state index < -0.39 is 0 Å². The molecule has 1 aromatic carbocycles. The van der Waals surface area contributed by atoms with E-state index in [1.807, 2.05) is 37.4 Å². The van der Waals surface area contributed by atoms with Crippen molar-refractivity contribution in [1.82, 2.24) is 19.4 Å². The summed E-state index contributed by atoms with van der Waals surface area (Å²) >= 11 is 1.70. The van der Waals surface area contributed by atoms with Gasteiger partial charge in [-0.25, -0.2) is 4.98 Å². The van der Waals surface area contributed by atoms with Crippen molar-refractivity contribution in [2.75, 3.05) is 0 Å². The van der Waals surface area contributed by atoms with Crippen molar-refractivity contribution in [3.8, 4) is 22.6 Å². The maximum Gasteiger partial charge on any atom is 0.195 e. The Morgan fingerprint density at radius 3 is 2.77 bits per heavy atom. The summed E-state index contributed by atoms with van der Waals surface area (Å²) in [7, 11) is 0. The van der Waals surface area contributed by atoms with Crippen LogP contribution in [0.4, 0.5) is 0 Å². The van der Waals surface area contributed by atoms with E-state index in [0.717, 1.165) is 44.2 Å². The van der Waals surface area contributed by atoms with E-state index in [1.54, 1.807) is 11.3 Å². The molecule has 0 radical (unpaired) electrons. The van der Waals surface area contributed by atoms with Gasteiger partial charge >= 0.3 is 0 Å². The first-order valence-electron chi connectivity index (χ1n) is 8.47. The molecule has 0 N–H and O–H groups in total. The lowest BCUT2D eigenvalue weighted by molar-refractivity contribution is 1.19. The Bertz CT molecular complexity index is 1270. The van der Waals surface area contributed by atoms with E-state index in [9.17, 15) is 0 Å². The zero-order valence-electron chi connectivity index (χ0n) is 14.5. The van der Waals surface area contributed by atoms with Gasteiger partial charge in [0.15, 0.2) is 4.96 Å². The van der Waals surface area contributed by atoms with Crippen molar-refractivity contribution in [2.24, 2.45) is 0 Å². The minimum absolute atomic E-state index is 0.903. The Morgan fingerprint density at radius 1 is 0.962 bits per heavy atom. The predicted octanol–water partition coefficient (Wildman–Crippen LogP) is 5.29. The van der Waals surface area contributed by atoms with E-state index in [0.29, 0.717) is 0 Å². The third-order valence-corrected chi connectivity index (χ3v) is 5.35. The van der Waals surface area contributed by atoms with Crippen LogP contribution < -0.4 is 0 Å². The van der Waals surface area contributed by atoms with Crippen molar-refractivity contribution < 1.29 is 0 Å². The van der Waals surface area contributed by atoms with Crippen molar-refractivity contribution in [3.05, 3.63) is 71.5 Å². The SMILES string of the molecule is Cc1cccc(-c2nc3sc(C)cn3c2-c2ccc3ncccc3c2)n1. The monoisotopic (exact) mass is 356 g/mol. The van der Waals surface area contributed by atoms with E-state index in [1.165, 1.54) is 4.88 Å². The molecule has 0 spiro atoms. The van der Waals surface area contributed by atoms with Gasteiger partial charge in [0.1, 0.15) is 5.69 Å². The molecule has 0 saturated carbocycles. The summed E-state index contributed by atoms with van der Waals surface area (Å²) < 4.78 is 2.18. The molecule has 0 saturated heterocycles. The van der Waals surface area contributed by atoms with E-state index in [-0.39, 0.29) is 0 Å². The van der Waals surface area contributed by atoms with Gasteiger partial charge in [-0.1, -0.05) is 18.2 Å². The van der Waals surface area contributed by atoms with E-state index in [4.69, 9.17) is 9.97 Å². The molecule has 0 atom stereocenters. The third kappa shape index (κ3) is 2.40. The second-order valence-corrected chi connectivity index (χ2v) is 7.59. The lowest BCUT2D eigenvalue weighted by atomic mass is 10.1. The van der Waals surface area contributed by atoms with Gasteiger partial charge < -0.3 is 0 Å². The Kier molecular flexibility index (Phi) is 3.36. The van der Waals surface area contributed by atoms with Crippen LogP contribution in [-0.4, -0.2) is 19.4 Å². The van der Waals surface area contributed by atoms with Gasteiger partial charge in [-0.15, -0.1) is 11.3 Å². The molecule has 26 heavy (non-hydrogen) atoms. The number of benzene rings is 1. The Labute approximate surface area is 154 Å². The minimum atomic E-state index is 0.903. The fourth-order valence-corrected chi connectivity index (χ4v) is 4.13. The lowest BCUT2D eigenvalue weighted by Crippen LogP contribution is -1.91. The molecule has 126 valence electrons. The summed E-state index contributed by atoms with van der Waals surface area (Å²) in [5, 5.41) is 1.12. The largest absolute Gasteiger partial charge is 0.289 e. The molecule has 0 aliphatic rings. The maximum atomic E-state index is 4.90. The zero-order chi connectivity index (χ0) is 17.7. The Hall–Kier alpha value is -3.05. The molecule has 0 bridgehead atoms. The molecule has 4 aromatic heterocycles.